The lowest BCUT2D eigenvalue weighted by atomic mass is 9.94. The zero-order valence-electron chi connectivity index (χ0n) is 15.2. The molecule has 0 radical (unpaired) electrons. The van der Waals surface area contributed by atoms with Crippen LogP contribution in [-0.4, -0.2) is 41.1 Å². The molecule has 1 saturated carbocycles. The number of piperidine rings is 1. The number of rotatable bonds is 6. The summed E-state index contributed by atoms with van der Waals surface area (Å²) in [4.78, 5) is 19.2. The number of hydrogen-bond donors (Lipinski definition) is 0. The van der Waals surface area contributed by atoms with E-state index in [2.05, 4.69) is 10.1 Å². The highest BCUT2D eigenvalue weighted by Gasteiger charge is 2.30. The molecule has 4 rings (SSSR count). The van der Waals surface area contributed by atoms with E-state index >= 15 is 0 Å². The number of benzene rings is 1. The molecule has 1 atom stereocenters. The minimum atomic E-state index is 0.184. The molecule has 1 amide bonds. The van der Waals surface area contributed by atoms with Crippen LogP contribution in [0.15, 0.2) is 28.8 Å². The van der Waals surface area contributed by atoms with Gasteiger partial charge >= 0.3 is 0 Å². The van der Waals surface area contributed by atoms with Gasteiger partial charge in [0.25, 0.3) is 0 Å². The van der Waals surface area contributed by atoms with Gasteiger partial charge in [0.05, 0.1) is 13.5 Å². The van der Waals surface area contributed by atoms with Crippen LogP contribution in [0.3, 0.4) is 0 Å². The van der Waals surface area contributed by atoms with Crippen molar-refractivity contribution in [2.45, 2.75) is 44.4 Å². The second-order valence-electron chi connectivity index (χ2n) is 7.40. The Morgan fingerprint density at radius 3 is 2.81 bits per heavy atom. The van der Waals surface area contributed by atoms with Gasteiger partial charge in [-0.1, -0.05) is 17.3 Å². The fourth-order valence-electron chi connectivity index (χ4n) is 3.59. The molecule has 2 aromatic rings. The van der Waals surface area contributed by atoms with E-state index in [1.807, 2.05) is 29.2 Å². The number of hydrogen-bond acceptors (Lipinski definition) is 5. The maximum atomic E-state index is 12.7. The van der Waals surface area contributed by atoms with Gasteiger partial charge in [0.1, 0.15) is 5.75 Å². The van der Waals surface area contributed by atoms with Crippen molar-refractivity contribution in [3.05, 3.63) is 41.5 Å². The maximum absolute atomic E-state index is 12.7. The van der Waals surface area contributed by atoms with Crippen LogP contribution in [0.25, 0.3) is 0 Å². The van der Waals surface area contributed by atoms with Crippen molar-refractivity contribution in [3.8, 4) is 5.75 Å². The first-order chi connectivity index (χ1) is 12.7. The van der Waals surface area contributed by atoms with E-state index in [1.165, 1.54) is 12.8 Å². The van der Waals surface area contributed by atoms with E-state index in [-0.39, 0.29) is 5.91 Å². The van der Waals surface area contributed by atoms with Crippen molar-refractivity contribution in [2.24, 2.45) is 5.92 Å². The second kappa shape index (κ2) is 7.48. The van der Waals surface area contributed by atoms with Crippen molar-refractivity contribution in [1.82, 2.24) is 15.0 Å². The van der Waals surface area contributed by atoms with E-state index in [4.69, 9.17) is 9.26 Å². The first kappa shape index (κ1) is 17.1. The zero-order valence-corrected chi connectivity index (χ0v) is 15.2. The van der Waals surface area contributed by atoms with Gasteiger partial charge in [-0.15, -0.1) is 0 Å². The number of aromatic nitrogens is 2. The molecule has 1 aromatic carbocycles. The number of nitrogens with zero attached hydrogens (tertiary/aromatic N) is 3. The number of amides is 1. The van der Waals surface area contributed by atoms with Gasteiger partial charge in [-0.25, -0.2) is 0 Å². The molecule has 2 fully saturated rings. The maximum Gasteiger partial charge on any atom is 0.226 e. The Morgan fingerprint density at radius 1 is 1.27 bits per heavy atom. The summed E-state index contributed by atoms with van der Waals surface area (Å²) in [5.74, 6) is 3.50. The van der Waals surface area contributed by atoms with Crippen molar-refractivity contribution < 1.29 is 14.1 Å². The number of carbonyl (C=O) groups is 1. The van der Waals surface area contributed by atoms with Gasteiger partial charge in [-0.05, 0) is 49.3 Å². The van der Waals surface area contributed by atoms with Crippen molar-refractivity contribution in [1.29, 1.82) is 0 Å². The van der Waals surface area contributed by atoms with E-state index in [1.54, 1.807) is 7.11 Å². The lowest BCUT2D eigenvalue weighted by molar-refractivity contribution is -0.132. The molecule has 1 unspecified atom stereocenters. The highest BCUT2D eigenvalue weighted by molar-refractivity contribution is 5.78. The number of likely N-dealkylation sites (tertiary alicyclic amines) is 1. The molecule has 2 aliphatic rings. The Bertz CT molecular complexity index is 752. The van der Waals surface area contributed by atoms with E-state index < -0.39 is 0 Å². The van der Waals surface area contributed by atoms with Crippen LogP contribution in [0, 0.1) is 5.92 Å². The third kappa shape index (κ3) is 4.06. The molecule has 26 heavy (non-hydrogen) atoms. The van der Waals surface area contributed by atoms with E-state index in [0.29, 0.717) is 18.3 Å². The molecule has 0 N–H and O–H groups in total. The third-order valence-corrected chi connectivity index (χ3v) is 5.28. The molecular formula is C20H25N3O3. The summed E-state index contributed by atoms with van der Waals surface area (Å²) < 4.78 is 10.6. The van der Waals surface area contributed by atoms with Gasteiger partial charge in [-0.3, -0.25) is 4.79 Å². The van der Waals surface area contributed by atoms with E-state index in [0.717, 1.165) is 55.4 Å². The Balaban J connectivity index is 1.32. The van der Waals surface area contributed by atoms with Crippen molar-refractivity contribution in [2.75, 3.05) is 20.2 Å². The summed E-state index contributed by atoms with van der Waals surface area (Å²) in [6, 6.07) is 7.70. The fourth-order valence-corrected chi connectivity index (χ4v) is 3.59. The first-order valence-electron chi connectivity index (χ1n) is 9.44. The second-order valence-corrected chi connectivity index (χ2v) is 7.40. The minimum absolute atomic E-state index is 0.184. The predicted molar refractivity (Wildman–Crippen MR) is 96.0 cm³/mol. The van der Waals surface area contributed by atoms with Crippen LogP contribution < -0.4 is 4.74 Å². The summed E-state index contributed by atoms with van der Waals surface area (Å²) in [6.07, 6.45) is 5.69. The summed E-state index contributed by atoms with van der Waals surface area (Å²) in [5.41, 5.74) is 1.02. The molecule has 1 saturated heterocycles. The lowest BCUT2D eigenvalue weighted by Crippen LogP contribution is -2.41. The first-order valence-corrected chi connectivity index (χ1v) is 9.44. The highest BCUT2D eigenvalue weighted by Crippen LogP contribution is 2.38. The fraction of sp³-hybridized carbons (Fsp3) is 0.550. The smallest absolute Gasteiger partial charge is 0.226 e. The molecule has 6 nitrogen and oxygen atoms in total. The van der Waals surface area contributed by atoms with Crippen LogP contribution in [-0.2, 0) is 17.6 Å². The van der Waals surface area contributed by atoms with Gasteiger partial charge in [0, 0.05) is 25.4 Å². The van der Waals surface area contributed by atoms with Gasteiger partial charge in [-0.2, -0.15) is 4.98 Å². The molecule has 1 aliphatic heterocycles. The van der Waals surface area contributed by atoms with Gasteiger partial charge in [0.2, 0.25) is 11.8 Å². The van der Waals surface area contributed by atoms with Crippen LogP contribution in [0.5, 0.6) is 5.75 Å². The van der Waals surface area contributed by atoms with Crippen LogP contribution in [0.4, 0.5) is 0 Å². The average molecular weight is 355 g/mol. The molecule has 1 aliphatic carbocycles. The Morgan fingerprint density at radius 2 is 2.08 bits per heavy atom. The number of methoxy groups -OCH3 is 1. The molecule has 2 heterocycles. The predicted octanol–water partition coefficient (Wildman–Crippen LogP) is 2.98. The number of carbonyl (C=O) groups excluding carboxylic acids is 1. The molecule has 1 aromatic heterocycles. The topological polar surface area (TPSA) is 68.5 Å². The zero-order chi connectivity index (χ0) is 17.9. The molecule has 0 spiro atoms. The lowest BCUT2D eigenvalue weighted by Gasteiger charge is -2.32. The van der Waals surface area contributed by atoms with Crippen LogP contribution in [0.1, 0.15) is 48.9 Å². The molecule has 0 bridgehead atoms. The molecule has 6 heteroatoms. The van der Waals surface area contributed by atoms with Crippen LogP contribution >= 0.6 is 0 Å². The Kier molecular flexibility index (Phi) is 4.91. The summed E-state index contributed by atoms with van der Waals surface area (Å²) >= 11 is 0. The van der Waals surface area contributed by atoms with E-state index in [9.17, 15) is 4.79 Å². The average Bonchev–Trinajstić information content (AvgIpc) is 3.42. The Hall–Kier alpha value is -2.37. The van der Waals surface area contributed by atoms with Crippen LogP contribution in [0.2, 0.25) is 0 Å². The number of ether oxygens (including phenoxy) is 1. The SMILES string of the molecule is COc1ccc(CC(=O)N2CCCC(Cc3nc(C4CC4)no3)C2)cc1. The van der Waals surface area contributed by atoms with Crippen molar-refractivity contribution >= 4 is 5.91 Å². The third-order valence-electron chi connectivity index (χ3n) is 5.28. The quantitative estimate of drug-likeness (QED) is 0.797. The molecule has 138 valence electrons. The normalized spacial score (nSPS) is 20.2. The summed E-state index contributed by atoms with van der Waals surface area (Å²) in [5, 5.41) is 4.09. The monoisotopic (exact) mass is 355 g/mol. The minimum Gasteiger partial charge on any atom is -0.497 e. The summed E-state index contributed by atoms with van der Waals surface area (Å²) in [6.45, 7) is 1.61. The summed E-state index contributed by atoms with van der Waals surface area (Å²) in [7, 11) is 1.64. The Labute approximate surface area is 153 Å². The van der Waals surface area contributed by atoms with Crippen molar-refractivity contribution in [3.63, 3.8) is 0 Å². The molecular weight excluding hydrogens is 330 g/mol. The highest BCUT2D eigenvalue weighted by atomic mass is 16.5. The van der Waals surface area contributed by atoms with Gasteiger partial charge < -0.3 is 14.2 Å². The largest absolute Gasteiger partial charge is 0.497 e. The standard InChI is InChI=1S/C20H25N3O3/c1-25-17-8-4-14(5-9-17)12-19(24)23-10-2-3-15(13-23)11-18-21-20(22-26-18)16-6-7-16/h4-5,8-9,15-16H,2-3,6-7,10-13H2,1H3. The van der Waals surface area contributed by atoms with Gasteiger partial charge in [0.15, 0.2) is 5.82 Å².